The maximum Gasteiger partial charge on any atom is 0.262 e. The molecule has 0 aliphatic heterocycles. The number of thiazole rings is 1. The highest BCUT2D eigenvalue weighted by molar-refractivity contribution is 14.1. The van der Waals surface area contributed by atoms with Gasteiger partial charge >= 0.3 is 0 Å². The lowest BCUT2D eigenvalue weighted by molar-refractivity contribution is 0.0957. The van der Waals surface area contributed by atoms with Crippen LogP contribution in [0.2, 0.25) is 0 Å². The number of carbonyl (C=O) groups is 1. The summed E-state index contributed by atoms with van der Waals surface area (Å²) in [7, 11) is 0. The van der Waals surface area contributed by atoms with Crippen molar-refractivity contribution in [3.63, 3.8) is 0 Å². The van der Waals surface area contributed by atoms with E-state index in [-0.39, 0.29) is 5.91 Å². The van der Waals surface area contributed by atoms with Crippen LogP contribution in [0.3, 0.4) is 0 Å². The van der Waals surface area contributed by atoms with Gasteiger partial charge in [0, 0.05) is 6.54 Å². The van der Waals surface area contributed by atoms with Gasteiger partial charge in [-0.25, -0.2) is 0 Å². The number of hydrogen-bond acceptors (Lipinski definition) is 3. The molecule has 0 radical (unpaired) electrons. The number of hydrogen-bond donors (Lipinski definition) is 1. The molecule has 14 heavy (non-hydrogen) atoms. The summed E-state index contributed by atoms with van der Waals surface area (Å²) >= 11 is 3.74. The monoisotopic (exact) mass is 324 g/mol. The molecular formula is C9H13IN2OS. The predicted molar refractivity (Wildman–Crippen MR) is 67.2 cm³/mol. The van der Waals surface area contributed by atoms with Crippen LogP contribution in [-0.2, 0) is 0 Å². The average Bonchev–Trinajstić information content (AvgIpc) is 2.70. The van der Waals surface area contributed by atoms with Crippen molar-refractivity contribution in [2.45, 2.75) is 19.3 Å². The molecule has 1 aromatic rings. The Kier molecular flexibility index (Phi) is 6.09. The summed E-state index contributed by atoms with van der Waals surface area (Å²) in [4.78, 5) is 15.9. The highest BCUT2D eigenvalue weighted by atomic mass is 127. The molecular weight excluding hydrogens is 311 g/mol. The third-order valence-electron chi connectivity index (χ3n) is 1.75. The van der Waals surface area contributed by atoms with Gasteiger partial charge in [-0.3, -0.25) is 9.78 Å². The number of alkyl halides is 1. The molecule has 0 aromatic carbocycles. The van der Waals surface area contributed by atoms with E-state index < -0.39 is 0 Å². The average molecular weight is 324 g/mol. The normalized spacial score (nSPS) is 10.1. The van der Waals surface area contributed by atoms with Gasteiger partial charge in [-0.2, -0.15) is 0 Å². The Morgan fingerprint density at radius 2 is 2.36 bits per heavy atom. The lowest BCUT2D eigenvalue weighted by Crippen LogP contribution is -2.23. The van der Waals surface area contributed by atoms with Crippen LogP contribution in [-0.4, -0.2) is 21.9 Å². The maximum absolute atomic E-state index is 11.4. The number of aromatic nitrogens is 1. The zero-order valence-electron chi connectivity index (χ0n) is 7.83. The summed E-state index contributed by atoms with van der Waals surface area (Å²) in [6.45, 7) is 0.771. The van der Waals surface area contributed by atoms with Crippen LogP contribution in [0.4, 0.5) is 0 Å². The third kappa shape index (κ3) is 4.36. The first kappa shape index (κ1) is 11.9. The maximum atomic E-state index is 11.4. The molecule has 0 bridgehead atoms. The van der Waals surface area contributed by atoms with E-state index in [4.69, 9.17) is 0 Å². The van der Waals surface area contributed by atoms with Gasteiger partial charge in [-0.05, 0) is 17.3 Å². The minimum atomic E-state index is 0.00183. The molecule has 3 nitrogen and oxygen atoms in total. The molecule has 0 aliphatic carbocycles. The van der Waals surface area contributed by atoms with Gasteiger partial charge in [-0.15, -0.1) is 11.3 Å². The molecule has 0 spiro atoms. The van der Waals surface area contributed by atoms with E-state index in [0.29, 0.717) is 4.88 Å². The highest BCUT2D eigenvalue weighted by Gasteiger charge is 2.04. The van der Waals surface area contributed by atoms with Gasteiger partial charge in [-0.1, -0.05) is 29.0 Å². The standard InChI is InChI=1S/C9H13IN2OS/c10-4-2-1-3-5-12-9(13)8-6-11-7-14-8/h6-7H,1-5H2,(H,12,13). The van der Waals surface area contributed by atoms with Gasteiger partial charge in [0.25, 0.3) is 5.91 Å². The van der Waals surface area contributed by atoms with Crippen molar-refractivity contribution in [2.24, 2.45) is 0 Å². The Labute approximate surface area is 101 Å². The first-order valence-corrected chi connectivity index (χ1v) is 6.98. The molecule has 0 atom stereocenters. The number of rotatable bonds is 6. The van der Waals surface area contributed by atoms with Crippen molar-refractivity contribution < 1.29 is 4.79 Å². The molecule has 78 valence electrons. The molecule has 0 saturated carbocycles. The smallest absolute Gasteiger partial charge is 0.262 e. The number of unbranched alkanes of at least 4 members (excludes halogenated alkanes) is 2. The van der Waals surface area contributed by atoms with Crippen molar-refractivity contribution in [1.29, 1.82) is 0 Å². The minimum absolute atomic E-state index is 0.00183. The summed E-state index contributed by atoms with van der Waals surface area (Å²) in [6.07, 6.45) is 5.08. The van der Waals surface area contributed by atoms with Crippen molar-refractivity contribution >= 4 is 39.8 Å². The quantitative estimate of drug-likeness (QED) is 0.496. The first-order valence-electron chi connectivity index (χ1n) is 4.57. The van der Waals surface area contributed by atoms with E-state index >= 15 is 0 Å². The zero-order chi connectivity index (χ0) is 10.2. The number of nitrogens with zero attached hydrogens (tertiary/aromatic N) is 1. The Morgan fingerprint density at radius 3 is 3.00 bits per heavy atom. The van der Waals surface area contributed by atoms with Crippen LogP contribution in [0.15, 0.2) is 11.7 Å². The van der Waals surface area contributed by atoms with E-state index in [0.717, 1.165) is 13.0 Å². The molecule has 1 aromatic heterocycles. The van der Waals surface area contributed by atoms with Crippen LogP contribution in [0, 0.1) is 0 Å². The summed E-state index contributed by atoms with van der Waals surface area (Å²) in [5, 5.41) is 2.87. The SMILES string of the molecule is O=C(NCCCCCI)c1cncs1. The summed E-state index contributed by atoms with van der Waals surface area (Å²) in [5.74, 6) is 0.00183. The number of nitrogens with one attached hydrogen (secondary N) is 1. The Hall–Kier alpha value is -0.170. The predicted octanol–water partition coefficient (Wildman–Crippen LogP) is 2.48. The fourth-order valence-electron chi connectivity index (χ4n) is 1.01. The molecule has 0 unspecified atom stereocenters. The van der Waals surface area contributed by atoms with E-state index in [9.17, 15) is 4.79 Å². The fraction of sp³-hybridized carbons (Fsp3) is 0.556. The molecule has 0 saturated heterocycles. The van der Waals surface area contributed by atoms with E-state index in [2.05, 4.69) is 32.9 Å². The summed E-state index contributed by atoms with van der Waals surface area (Å²) in [5.41, 5.74) is 1.67. The van der Waals surface area contributed by atoms with Crippen LogP contribution in [0.5, 0.6) is 0 Å². The van der Waals surface area contributed by atoms with Crippen LogP contribution < -0.4 is 5.32 Å². The largest absolute Gasteiger partial charge is 0.351 e. The fourth-order valence-corrected chi connectivity index (χ4v) is 2.09. The molecule has 1 rings (SSSR count). The second-order valence-electron chi connectivity index (χ2n) is 2.87. The molecule has 0 fully saturated rings. The van der Waals surface area contributed by atoms with Crippen molar-refractivity contribution in [3.05, 3.63) is 16.6 Å². The number of amides is 1. The van der Waals surface area contributed by atoms with Gasteiger partial charge < -0.3 is 5.32 Å². The van der Waals surface area contributed by atoms with Gasteiger partial charge in [0.05, 0.1) is 11.7 Å². The number of carbonyl (C=O) groups excluding carboxylic acids is 1. The first-order chi connectivity index (χ1) is 6.84. The lowest BCUT2D eigenvalue weighted by Gasteiger charge is -2.01. The third-order valence-corrected chi connectivity index (χ3v) is 3.29. The Balaban J connectivity index is 2.10. The minimum Gasteiger partial charge on any atom is -0.351 e. The van der Waals surface area contributed by atoms with Crippen molar-refractivity contribution in [2.75, 3.05) is 11.0 Å². The van der Waals surface area contributed by atoms with E-state index in [1.54, 1.807) is 11.7 Å². The molecule has 1 heterocycles. The van der Waals surface area contributed by atoms with Crippen molar-refractivity contribution in [3.8, 4) is 0 Å². The topological polar surface area (TPSA) is 42.0 Å². The van der Waals surface area contributed by atoms with E-state index in [1.165, 1.54) is 28.6 Å². The summed E-state index contributed by atoms with van der Waals surface area (Å²) in [6, 6.07) is 0. The second kappa shape index (κ2) is 7.17. The van der Waals surface area contributed by atoms with Crippen LogP contribution in [0.25, 0.3) is 0 Å². The molecule has 1 amide bonds. The molecule has 1 N–H and O–H groups in total. The van der Waals surface area contributed by atoms with Crippen molar-refractivity contribution in [1.82, 2.24) is 10.3 Å². The highest BCUT2D eigenvalue weighted by Crippen LogP contribution is 2.04. The molecule has 5 heteroatoms. The van der Waals surface area contributed by atoms with Crippen LogP contribution >= 0.6 is 33.9 Å². The van der Waals surface area contributed by atoms with Gasteiger partial charge in [0.2, 0.25) is 0 Å². The Morgan fingerprint density at radius 1 is 1.50 bits per heavy atom. The van der Waals surface area contributed by atoms with E-state index in [1.807, 2.05) is 0 Å². The van der Waals surface area contributed by atoms with Gasteiger partial charge in [0.15, 0.2) is 0 Å². The zero-order valence-corrected chi connectivity index (χ0v) is 10.8. The number of halogens is 1. The van der Waals surface area contributed by atoms with Gasteiger partial charge in [0.1, 0.15) is 4.88 Å². The second-order valence-corrected chi connectivity index (χ2v) is 4.84. The summed E-state index contributed by atoms with van der Waals surface area (Å²) < 4.78 is 1.19. The van der Waals surface area contributed by atoms with Crippen LogP contribution in [0.1, 0.15) is 28.9 Å². The molecule has 0 aliphatic rings. The Bertz CT molecular complexity index is 264. The lowest BCUT2D eigenvalue weighted by atomic mass is 10.2.